The van der Waals surface area contributed by atoms with Crippen molar-refractivity contribution in [3.05, 3.63) is 48.0 Å². The minimum atomic E-state index is -0.0329. The molecule has 6 nitrogen and oxygen atoms in total. The molecule has 0 aliphatic carbocycles. The highest BCUT2D eigenvalue weighted by Crippen LogP contribution is 2.34. The summed E-state index contributed by atoms with van der Waals surface area (Å²) in [5, 5.41) is 0.705. The molecule has 0 bridgehead atoms. The average molecular weight is 477 g/mol. The van der Waals surface area contributed by atoms with E-state index in [2.05, 4.69) is 18.7 Å². The first-order valence-corrected chi connectivity index (χ1v) is 11.6. The molecule has 0 unspecified atom stereocenters. The molecule has 3 rings (SSSR count). The Balaban J connectivity index is 0.00000363. The largest absolute Gasteiger partial charge is 0.492 e. The minimum Gasteiger partial charge on any atom is -0.492 e. The molecule has 0 N–H and O–H groups in total. The maximum atomic E-state index is 13.5. The highest BCUT2D eigenvalue weighted by molar-refractivity contribution is 7.22. The molecule has 1 amide bonds. The first-order valence-electron chi connectivity index (χ1n) is 10.8. The Labute approximate surface area is 201 Å². The lowest BCUT2D eigenvalue weighted by molar-refractivity contribution is 0.0984. The van der Waals surface area contributed by atoms with Crippen molar-refractivity contribution >= 4 is 50.7 Å². The van der Waals surface area contributed by atoms with Crippen LogP contribution >= 0.6 is 23.7 Å². The SMILES string of the molecule is CCOc1cccc2sc(N(CCN(CC)CC)C(=O)c3ccc(N(C)C)cc3)nc12.Cl. The summed E-state index contributed by atoms with van der Waals surface area (Å²) >= 11 is 1.53. The molecular formula is C24H33ClN4O2S. The molecule has 32 heavy (non-hydrogen) atoms. The average Bonchev–Trinajstić information content (AvgIpc) is 3.21. The third kappa shape index (κ3) is 5.91. The summed E-state index contributed by atoms with van der Waals surface area (Å²) in [7, 11) is 3.98. The van der Waals surface area contributed by atoms with E-state index in [1.165, 1.54) is 11.3 Å². The van der Waals surface area contributed by atoms with Crippen molar-refractivity contribution < 1.29 is 9.53 Å². The molecule has 174 valence electrons. The zero-order valence-corrected chi connectivity index (χ0v) is 21.1. The molecule has 0 radical (unpaired) electrons. The third-order valence-electron chi connectivity index (χ3n) is 5.31. The van der Waals surface area contributed by atoms with Crippen LogP contribution in [0, 0.1) is 0 Å². The summed E-state index contributed by atoms with van der Waals surface area (Å²) in [4.78, 5) is 24.5. The van der Waals surface area contributed by atoms with E-state index in [-0.39, 0.29) is 18.3 Å². The zero-order chi connectivity index (χ0) is 22.4. The van der Waals surface area contributed by atoms with Gasteiger partial charge in [-0.25, -0.2) is 4.98 Å². The summed E-state index contributed by atoms with van der Waals surface area (Å²) in [6.45, 7) is 10.1. The topological polar surface area (TPSA) is 48.9 Å². The monoisotopic (exact) mass is 476 g/mol. The van der Waals surface area contributed by atoms with Crippen LogP contribution in [-0.2, 0) is 0 Å². The summed E-state index contributed by atoms with van der Waals surface area (Å²) < 4.78 is 6.77. The molecule has 0 saturated heterocycles. The highest BCUT2D eigenvalue weighted by Gasteiger charge is 2.23. The van der Waals surface area contributed by atoms with Crippen molar-refractivity contribution in [3.8, 4) is 5.75 Å². The van der Waals surface area contributed by atoms with Gasteiger partial charge in [0.05, 0.1) is 11.3 Å². The van der Waals surface area contributed by atoms with E-state index in [0.29, 0.717) is 23.8 Å². The van der Waals surface area contributed by atoms with Crippen LogP contribution in [0.5, 0.6) is 5.75 Å². The van der Waals surface area contributed by atoms with Gasteiger partial charge in [0.2, 0.25) is 0 Å². The number of likely N-dealkylation sites (N-methyl/N-ethyl adjacent to an activating group) is 1. The number of carbonyl (C=O) groups excluding carboxylic acids is 1. The van der Waals surface area contributed by atoms with E-state index in [1.807, 2.05) is 73.3 Å². The predicted molar refractivity (Wildman–Crippen MR) is 138 cm³/mol. The van der Waals surface area contributed by atoms with Gasteiger partial charge in [0.15, 0.2) is 5.13 Å². The van der Waals surface area contributed by atoms with Crippen LogP contribution in [-0.4, -0.2) is 62.7 Å². The number of hydrogen-bond donors (Lipinski definition) is 0. The van der Waals surface area contributed by atoms with E-state index in [1.54, 1.807) is 0 Å². The number of nitrogens with zero attached hydrogens (tertiary/aromatic N) is 4. The van der Waals surface area contributed by atoms with Gasteiger partial charge in [-0.3, -0.25) is 9.69 Å². The number of hydrogen-bond acceptors (Lipinski definition) is 6. The van der Waals surface area contributed by atoms with Gasteiger partial charge in [-0.15, -0.1) is 12.4 Å². The van der Waals surface area contributed by atoms with Crippen LogP contribution < -0.4 is 14.5 Å². The number of amides is 1. The van der Waals surface area contributed by atoms with Crippen LogP contribution in [0.25, 0.3) is 10.2 Å². The Morgan fingerprint density at radius 1 is 1.00 bits per heavy atom. The Morgan fingerprint density at radius 2 is 1.69 bits per heavy atom. The van der Waals surface area contributed by atoms with Gasteiger partial charge in [-0.05, 0) is 56.4 Å². The Bertz CT molecular complexity index is 1000. The second-order valence-corrected chi connectivity index (χ2v) is 8.47. The van der Waals surface area contributed by atoms with Crippen molar-refractivity contribution in [3.63, 3.8) is 0 Å². The summed E-state index contributed by atoms with van der Waals surface area (Å²) in [6, 6.07) is 13.7. The van der Waals surface area contributed by atoms with Crippen molar-refractivity contribution in [2.45, 2.75) is 20.8 Å². The van der Waals surface area contributed by atoms with E-state index in [4.69, 9.17) is 9.72 Å². The van der Waals surface area contributed by atoms with E-state index in [0.717, 1.165) is 41.3 Å². The number of carbonyl (C=O) groups is 1. The summed E-state index contributed by atoms with van der Waals surface area (Å²) in [5.74, 6) is 0.725. The van der Waals surface area contributed by atoms with Crippen LogP contribution in [0.15, 0.2) is 42.5 Å². The van der Waals surface area contributed by atoms with Gasteiger partial charge in [0.25, 0.3) is 5.91 Å². The van der Waals surface area contributed by atoms with Gasteiger partial charge in [0.1, 0.15) is 11.3 Å². The molecule has 0 saturated carbocycles. The molecule has 3 aromatic rings. The maximum absolute atomic E-state index is 13.5. The Kier molecular flexibility index (Phi) is 9.75. The number of fused-ring (bicyclic) bond motifs is 1. The van der Waals surface area contributed by atoms with Crippen molar-refractivity contribution in [2.75, 3.05) is 56.7 Å². The first kappa shape index (κ1) is 25.9. The van der Waals surface area contributed by atoms with Gasteiger partial charge in [-0.2, -0.15) is 0 Å². The molecule has 1 heterocycles. The van der Waals surface area contributed by atoms with Crippen molar-refractivity contribution in [1.82, 2.24) is 9.88 Å². The lowest BCUT2D eigenvalue weighted by Gasteiger charge is -2.25. The molecular weight excluding hydrogens is 444 g/mol. The number of benzene rings is 2. The number of halogens is 1. The molecule has 0 aliphatic heterocycles. The Hall–Kier alpha value is -2.35. The van der Waals surface area contributed by atoms with Crippen molar-refractivity contribution in [1.29, 1.82) is 0 Å². The molecule has 8 heteroatoms. The van der Waals surface area contributed by atoms with Gasteiger partial charge < -0.3 is 14.5 Å². The second kappa shape index (κ2) is 12.0. The number of aromatic nitrogens is 1. The first-order chi connectivity index (χ1) is 15.0. The fourth-order valence-electron chi connectivity index (χ4n) is 3.42. The van der Waals surface area contributed by atoms with Gasteiger partial charge in [0, 0.05) is 38.4 Å². The summed E-state index contributed by atoms with van der Waals surface area (Å²) in [5.41, 5.74) is 2.54. The number of para-hydroxylation sites is 1. The van der Waals surface area contributed by atoms with Crippen LogP contribution in [0.4, 0.5) is 10.8 Å². The van der Waals surface area contributed by atoms with Gasteiger partial charge in [-0.1, -0.05) is 31.3 Å². The smallest absolute Gasteiger partial charge is 0.260 e. The predicted octanol–water partition coefficient (Wildman–Crippen LogP) is 5.17. The number of thiazole rings is 1. The van der Waals surface area contributed by atoms with Crippen LogP contribution in [0.3, 0.4) is 0 Å². The summed E-state index contributed by atoms with van der Waals surface area (Å²) in [6.07, 6.45) is 0. The molecule has 0 spiro atoms. The molecule has 0 atom stereocenters. The maximum Gasteiger partial charge on any atom is 0.260 e. The van der Waals surface area contributed by atoms with Gasteiger partial charge >= 0.3 is 0 Å². The minimum absolute atomic E-state index is 0. The number of anilines is 2. The van der Waals surface area contributed by atoms with Crippen LogP contribution in [0.1, 0.15) is 31.1 Å². The normalized spacial score (nSPS) is 10.8. The molecule has 0 aliphatic rings. The van der Waals surface area contributed by atoms with E-state index in [9.17, 15) is 4.79 Å². The lowest BCUT2D eigenvalue weighted by Crippen LogP contribution is -2.38. The Morgan fingerprint density at radius 3 is 2.28 bits per heavy atom. The lowest BCUT2D eigenvalue weighted by atomic mass is 10.1. The third-order valence-corrected chi connectivity index (χ3v) is 6.36. The standard InChI is InChI=1S/C24H32N4O2S.ClH/c1-6-27(7-2)16-17-28(23(29)18-12-14-19(15-13-18)26(4)5)24-25-22-20(30-8-3)10-9-11-21(22)31-24;/h9-15H,6-8,16-17H2,1-5H3;1H. The fraction of sp³-hybridized carbons (Fsp3) is 0.417. The highest BCUT2D eigenvalue weighted by atomic mass is 35.5. The fourth-order valence-corrected chi connectivity index (χ4v) is 4.43. The molecule has 0 fully saturated rings. The molecule has 2 aromatic carbocycles. The number of rotatable bonds is 10. The molecule has 1 aromatic heterocycles. The number of ether oxygens (including phenoxy) is 1. The quantitative estimate of drug-likeness (QED) is 0.404. The van der Waals surface area contributed by atoms with E-state index < -0.39 is 0 Å². The second-order valence-electron chi connectivity index (χ2n) is 7.46. The van der Waals surface area contributed by atoms with Crippen LogP contribution in [0.2, 0.25) is 0 Å². The van der Waals surface area contributed by atoms with E-state index >= 15 is 0 Å². The van der Waals surface area contributed by atoms with Crippen molar-refractivity contribution in [2.24, 2.45) is 0 Å². The zero-order valence-electron chi connectivity index (χ0n) is 19.5.